The first-order valence-electron chi connectivity index (χ1n) is 11.3. The molecule has 2 amide bonds. The van der Waals surface area contributed by atoms with Crippen molar-refractivity contribution in [3.63, 3.8) is 0 Å². The first-order chi connectivity index (χ1) is 16.5. The molecule has 0 saturated heterocycles. The number of carbonyl (C=O) groups is 2. The predicted octanol–water partition coefficient (Wildman–Crippen LogP) is 4.37. The second kappa shape index (κ2) is 9.15. The Kier molecular flexibility index (Phi) is 6.05. The molecule has 1 aromatic carbocycles. The number of aromatic nitrogens is 2. The maximum atomic E-state index is 13.3. The Labute approximate surface area is 204 Å². The number of amides is 2. The zero-order chi connectivity index (χ0) is 23.8. The Morgan fingerprint density at radius 2 is 1.94 bits per heavy atom. The van der Waals surface area contributed by atoms with E-state index < -0.39 is 11.8 Å². The smallest absolute Gasteiger partial charge is 0.263 e. The van der Waals surface area contributed by atoms with Crippen molar-refractivity contribution in [1.29, 1.82) is 0 Å². The predicted molar refractivity (Wildman–Crippen MR) is 137 cm³/mol. The number of nitrogens with two attached hydrogens (primary N) is 1. The van der Waals surface area contributed by atoms with Gasteiger partial charge in [-0.05, 0) is 48.8 Å². The van der Waals surface area contributed by atoms with Crippen molar-refractivity contribution in [2.45, 2.75) is 45.6 Å². The lowest BCUT2D eigenvalue weighted by atomic mass is 9.95. The molecule has 0 fully saturated rings. The lowest BCUT2D eigenvalue weighted by Crippen LogP contribution is -2.28. The third-order valence-corrected chi connectivity index (χ3v) is 8.31. The molecule has 3 heterocycles. The number of aryl methyl sites for hydroxylation is 2. The van der Waals surface area contributed by atoms with Gasteiger partial charge in [0.15, 0.2) is 0 Å². The first-order valence-corrected chi connectivity index (χ1v) is 13.0. The van der Waals surface area contributed by atoms with Gasteiger partial charge >= 0.3 is 0 Å². The Morgan fingerprint density at radius 1 is 1.18 bits per heavy atom. The molecule has 0 saturated carbocycles. The van der Waals surface area contributed by atoms with Gasteiger partial charge in [0, 0.05) is 15.8 Å². The number of hydrogen-bond acceptors (Lipinski definition) is 6. The fraction of sp³-hybridized carbons (Fsp3) is 0.280. The van der Waals surface area contributed by atoms with Crippen molar-refractivity contribution >= 4 is 49.7 Å². The number of anilines is 1. The second-order valence-corrected chi connectivity index (χ2v) is 10.3. The number of primary amides is 1. The van der Waals surface area contributed by atoms with Gasteiger partial charge in [0.25, 0.3) is 11.5 Å². The average molecular weight is 493 g/mol. The van der Waals surface area contributed by atoms with E-state index in [1.807, 2.05) is 17.5 Å². The summed E-state index contributed by atoms with van der Waals surface area (Å²) in [5.74, 6) is -0.930. The molecule has 1 aliphatic rings. The van der Waals surface area contributed by atoms with Crippen molar-refractivity contribution in [3.8, 4) is 11.1 Å². The third kappa shape index (κ3) is 4.05. The summed E-state index contributed by atoms with van der Waals surface area (Å²) in [4.78, 5) is 44.4. The van der Waals surface area contributed by atoms with E-state index in [1.165, 1.54) is 39.1 Å². The SMILES string of the molecule is CCc1ccc(-c2csc3ncn(CC(=O)Nc4sc5c(c4C(N)=O)CCCC5)c(=O)c23)cc1. The minimum Gasteiger partial charge on any atom is -0.365 e. The largest absolute Gasteiger partial charge is 0.365 e. The summed E-state index contributed by atoms with van der Waals surface area (Å²) >= 11 is 2.81. The van der Waals surface area contributed by atoms with Crippen LogP contribution < -0.4 is 16.6 Å². The van der Waals surface area contributed by atoms with E-state index in [-0.39, 0.29) is 12.1 Å². The monoisotopic (exact) mass is 492 g/mol. The van der Waals surface area contributed by atoms with Crippen molar-refractivity contribution in [2.24, 2.45) is 5.73 Å². The standard InChI is InChI=1S/C25H24N4O3S2/c1-2-14-7-9-15(10-8-14)17-12-33-23-21(17)25(32)29(13-27-23)11-19(30)28-24-20(22(26)31)16-5-3-4-6-18(16)34-24/h7-10,12-13H,2-6,11H2,1H3,(H2,26,31)(H,28,30). The van der Waals surface area contributed by atoms with E-state index >= 15 is 0 Å². The Bertz CT molecular complexity index is 1460. The average Bonchev–Trinajstić information content (AvgIpc) is 3.42. The van der Waals surface area contributed by atoms with Crippen LogP contribution >= 0.6 is 22.7 Å². The van der Waals surface area contributed by atoms with Crippen LogP contribution in [0.25, 0.3) is 21.3 Å². The summed E-state index contributed by atoms with van der Waals surface area (Å²) in [6.07, 6.45) is 6.08. The molecular formula is C25H24N4O3S2. The minimum atomic E-state index is -0.535. The highest BCUT2D eigenvalue weighted by Crippen LogP contribution is 2.38. The van der Waals surface area contributed by atoms with Crippen molar-refractivity contribution in [1.82, 2.24) is 9.55 Å². The zero-order valence-corrected chi connectivity index (χ0v) is 20.4. The van der Waals surface area contributed by atoms with Gasteiger partial charge in [0.05, 0.1) is 17.3 Å². The highest BCUT2D eigenvalue weighted by atomic mass is 32.1. The normalized spacial score (nSPS) is 13.1. The molecule has 0 unspecified atom stereocenters. The number of fused-ring (bicyclic) bond motifs is 2. The maximum Gasteiger partial charge on any atom is 0.263 e. The summed E-state index contributed by atoms with van der Waals surface area (Å²) in [5, 5.41) is 5.73. The van der Waals surface area contributed by atoms with E-state index in [0.717, 1.165) is 53.7 Å². The van der Waals surface area contributed by atoms with E-state index in [2.05, 4.69) is 29.4 Å². The van der Waals surface area contributed by atoms with Gasteiger partial charge in [-0.3, -0.25) is 19.0 Å². The van der Waals surface area contributed by atoms with Gasteiger partial charge in [0.2, 0.25) is 5.91 Å². The second-order valence-electron chi connectivity index (χ2n) is 8.39. The van der Waals surface area contributed by atoms with Crippen LogP contribution in [0.1, 0.15) is 46.1 Å². The topological polar surface area (TPSA) is 107 Å². The summed E-state index contributed by atoms with van der Waals surface area (Å²) in [7, 11) is 0. The Hall–Kier alpha value is -3.30. The van der Waals surface area contributed by atoms with Gasteiger partial charge in [-0.15, -0.1) is 22.7 Å². The fourth-order valence-electron chi connectivity index (χ4n) is 4.45. The summed E-state index contributed by atoms with van der Waals surface area (Å²) in [5.41, 5.74) is 9.71. The van der Waals surface area contributed by atoms with Crippen LogP contribution in [0.15, 0.2) is 40.8 Å². The van der Waals surface area contributed by atoms with Crippen molar-refractivity contribution in [2.75, 3.05) is 5.32 Å². The van der Waals surface area contributed by atoms with Crippen LogP contribution in [-0.2, 0) is 30.6 Å². The molecule has 7 nitrogen and oxygen atoms in total. The molecular weight excluding hydrogens is 468 g/mol. The summed E-state index contributed by atoms with van der Waals surface area (Å²) in [6.45, 7) is 1.90. The van der Waals surface area contributed by atoms with Crippen molar-refractivity contribution < 1.29 is 9.59 Å². The van der Waals surface area contributed by atoms with Crippen LogP contribution in [0.4, 0.5) is 5.00 Å². The van der Waals surface area contributed by atoms with Gasteiger partial charge in [0.1, 0.15) is 16.4 Å². The third-order valence-electron chi connectivity index (χ3n) is 6.22. The molecule has 0 bridgehead atoms. The van der Waals surface area contributed by atoms with Crippen LogP contribution in [0.3, 0.4) is 0 Å². The number of nitrogens with one attached hydrogen (secondary N) is 1. The van der Waals surface area contributed by atoms with Crippen LogP contribution in [-0.4, -0.2) is 21.4 Å². The Balaban J connectivity index is 1.44. The molecule has 3 aromatic heterocycles. The summed E-state index contributed by atoms with van der Waals surface area (Å²) < 4.78 is 1.31. The van der Waals surface area contributed by atoms with Crippen LogP contribution in [0.5, 0.6) is 0 Å². The summed E-state index contributed by atoms with van der Waals surface area (Å²) in [6, 6.07) is 8.12. The molecule has 0 radical (unpaired) electrons. The molecule has 5 rings (SSSR count). The first kappa shape index (κ1) is 22.5. The Morgan fingerprint density at radius 3 is 2.68 bits per heavy atom. The number of hydrogen-bond donors (Lipinski definition) is 2. The van der Waals surface area contributed by atoms with E-state index in [4.69, 9.17) is 5.73 Å². The molecule has 3 N–H and O–H groups in total. The fourth-order valence-corrected chi connectivity index (χ4v) is 6.67. The molecule has 0 atom stereocenters. The molecule has 34 heavy (non-hydrogen) atoms. The van der Waals surface area contributed by atoms with Crippen molar-refractivity contribution in [3.05, 3.63) is 67.9 Å². The molecule has 174 valence electrons. The number of carbonyl (C=O) groups excluding carboxylic acids is 2. The van der Waals surface area contributed by atoms with Gasteiger partial charge < -0.3 is 11.1 Å². The molecule has 0 aliphatic heterocycles. The molecule has 0 spiro atoms. The van der Waals surface area contributed by atoms with Gasteiger partial charge in [-0.2, -0.15) is 0 Å². The van der Waals surface area contributed by atoms with Gasteiger partial charge in [-0.25, -0.2) is 4.98 Å². The zero-order valence-electron chi connectivity index (χ0n) is 18.7. The molecule has 4 aromatic rings. The van der Waals surface area contributed by atoms with E-state index in [9.17, 15) is 14.4 Å². The quantitative estimate of drug-likeness (QED) is 0.417. The number of rotatable bonds is 6. The van der Waals surface area contributed by atoms with Crippen LogP contribution in [0.2, 0.25) is 0 Å². The lowest BCUT2D eigenvalue weighted by Gasteiger charge is -2.11. The maximum absolute atomic E-state index is 13.3. The number of benzene rings is 1. The minimum absolute atomic E-state index is 0.202. The number of nitrogens with zero attached hydrogens (tertiary/aromatic N) is 2. The van der Waals surface area contributed by atoms with Gasteiger partial charge in [-0.1, -0.05) is 31.2 Å². The van der Waals surface area contributed by atoms with Crippen LogP contribution in [0, 0.1) is 0 Å². The molecule has 9 heteroatoms. The molecule has 1 aliphatic carbocycles. The van der Waals surface area contributed by atoms with E-state index in [1.54, 1.807) is 0 Å². The lowest BCUT2D eigenvalue weighted by molar-refractivity contribution is -0.116. The van der Waals surface area contributed by atoms with E-state index in [0.29, 0.717) is 20.8 Å². The number of thiophene rings is 2. The highest BCUT2D eigenvalue weighted by Gasteiger charge is 2.25. The highest BCUT2D eigenvalue weighted by molar-refractivity contribution is 7.17.